The summed E-state index contributed by atoms with van der Waals surface area (Å²) in [4.78, 5) is 18.2. The second kappa shape index (κ2) is 14.2. The van der Waals surface area contributed by atoms with Crippen molar-refractivity contribution < 1.29 is 33.6 Å². The van der Waals surface area contributed by atoms with Gasteiger partial charge in [-0.1, -0.05) is 68.5 Å². The Hall–Kier alpha value is -3.05. The number of hydrogen-bond donors (Lipinski definition) is 3. The fraction of sp³-hybridized carbons (Fsp3) is 0.533. The van der Waals surface area contributed by atoms with E-state index in [-0.39, 0.29) is 35.2 Å². The highest BCUT2D eigenvalue weighted by atomic mass is 32.1. The molecule has 9 heteroatoms. The molecule has 1 aromatic heterocycles. The molecule has 6 aliphatic carbocycles. The van der Waals surface area contributed by atoms with E-state index >= 15 is 0 Å². The highest BCUT2D eigenvalue weighted by Gasteiger charge is 2.74. The SMILES string of the molecule is C[C@]12CC[C@H]3[C@]4(C=C[C@@]5(C=C4C(=O)c4ccc(F)c(F)c4)CC(O)CC[C@]35C)[C@@H]1CC[C@@]2(O)CN(CCc1cccs1)C[C@@H](O)COCc1ccccc1. The molecule has 2 bridgehead atoms. The van der Waals surface area contributed by atoms with E-state index < -0.39 is 45.7 Å². The molecule has 9 atom stereocenters. The lowest BCUT2D eigenvalue weighted by Crippen LogP contribution is -2.67. The van der Waals surface area contributed by atoms with Gasteiger partial charge in [-0.05, 0) is 104 Å². The molecule has 0 aliphatic heterocycles. The van der Waals surface area contributed by atoms with E-state index in [1.807, 2.05) is 36.4 Å². The quantitative estimate of drug-likeness (QED) is 0.121. The second-order valence-corrected chi connectivity index (χ2v) is 18.5. The van der Waals surface area contributed by atoms with Crippen LogP contribution >= 0.6 is 11.3 Å². The number of thiophene rings is 1. The number of nitrogens with zero attached hydrogens (tertiary/aromatic N) is 1. The van der Waals surface area contributed by atoms with Crippen LogP contribution in [0.25, 0.3) is 0 Å². The molecule has 1 unspecified atom stereocenters. The average Bonchev–Trinajstić information content (AvgIpc) is 3.77. The van der Waals surface area contributed by atoms with Crippen LogP contribution in [0.4, 0.5) is 8.78 Å². The number of carbonyl (C=O) groups excluding carboxylic acids is 1. The number of rotatable bonds is 13. The first kappa shape index (κ1) is 37.9. The highest BCUT2D eigenvalue weighted by molar-refractivity contribution is 7.09. The van der Waals surface area contributed by atoms with Crippen LogP contribution in [0.5, 0.6) is 0 Å². The number of aliphatic hydroxyl groups is 3. The molecule has 2 spiro atoms. The molecule has 3 fully saturated rings. The number of aliphatic hydroxyl groups excluding tert-OH is 2. The topological polar surface area (TPSA) is 90.2 Å². The first-order valence-electron chi connectivity index (χ1n) is 19.7. The predicted molar refractivity (Wildman–Crippen MR) is 206 cm³/mol. The van der Waals surface area contributed by atoms with Crippen LogP contribution in [0.1, 0.15) is 79.6 Å². The third kappa shape index (κ3) is 6.09. The van der Waals surface area contributed by atoms with Gasteiger partial charge in [-0.3, -0.25) is 9.69 Å². The van der Waals surface area contributed by atoms with Gasteiger partial charge in [0.25, 0.3) is 0 Å². The van der Waals surface area contributed by atoms with Crippen molar-refractivity contribution in [1.82, 2.24) is 4.90 Å². The molecule has 9 rings (SSSR count). The van der Waals surface area contributed by atoms with E-state index in [1.54, 1.807) is 11.3 Å². The summed E-state index contributed by atoms with van der Waals surface area (Å²) in [6, 6.07) is 17.5. The van der Waals surface area contributed by atoms with Crippen LogP contribution in [-0.4, -0.2) is 70.1 Å². The Morgan fingerprint density at radius 1 is 0.963 bits per heavy atom. The lowest BCUT2D eigenvalue weighted by Gasteiger charge is -2.71. The van der Waals surface area contributed by atoms with Crippen LogP contribution in [-0.2, 0) is 17.8 Å². The van der Waals surface area contributed by atoms with E-state index in [0.717, 1.165) is 43.4 Å². The maximum atomic E-state index is 14.7. The summed E-state index contributed by atoms with van der Waals surface area (Å²) >= 11 is 1.70. The Morgan fingerprint density at radius 3 is 2.48 bits per heavy atom. The molecule has 2 aromatic carbocycles. The number of allylic oxidation sites excluding steroid dienone is 4. The average molecular weight is 758 g/mol. The van der Waals surface area contributed by atoms with Crippen LogP contribution in [0, 0.1) is 45.1 Å². The Balaban J connectivity index is 1.11. The van der Waals surface area contributed by atoms with Crippen molar-refractivity contribution in [3.8, 4) is 0 Å². The zero-order valence-corrected chi connectivity index (χ0v) is 32.2. The lowest BCUT2D eigenvalue weighted by molar-refractivity contribution is -0.177. The zero-order valence-electron chi connectivity index (χ0n) is 31.4. The minimum absolute atomic E-state index is 0.0793. The van der Waals surface area contributed by atoms with Gasteiger partial charge in [0.15, 0.2) is 17.4 Å². The molecule has 54 heavy (non-hydrogen) atoms. The normalized spacial score (nSPS) is 35.7. The molecule has 6 nitrogen and oxygen atoms in total. The van der Waals surface area contributed by atoms with Gasteiger partial charge >= 0.3 is 0 Å². The van der Waals surface area contributed by atoms with Gasteiger partial charge in [0.1, 0.15) is 0 Å². The molecule has 3 aromatic rings. The highest BCUT2D eigenvalue weighted by Crippen LogP contribution is 2.78. The van der Waals surface area contributed by atoms with Gasteiger partial charge in [0.2, 0.25) is 0 Å². The van der Waals surface area contributed by atoms with Crippen molar-refractivity contribution in [3.05, 3.63) is 117 Å². The largest absolute Gasteiger partial charge is 0.393 e. The van der Waals surface area contributed by atoms with Crippen molar-refractivity contribution in [2.24, 2.45) is 33.5 Å². The van der Waals surface area contributed by atoms with Crippen LogP contribution < -0.4 is 0 Å². The molecule has 0 amide bonds. The molecule has 3 N–H and O–H groups in total. The van der Waals surface area contributed by atoms with E-state index in [0.29, 0.717) is 57.5 Å². The number of benzene rings is 2. The van der Waals surface area contributed by atoms with Crippen molar-refractivity contribution in [3.63, 3.8) is 0 Å². The number of ketones is 1. The van der Waals surface area contributed by atoms with Crippen LogP contribution in [0.3, 0.4) is 0 Å². The summed E-state index contributed by atoms with van der Waals surface area (Å²) < 4.78 is 34.7. The number of hydrogen-bond acceptors (Lipinski definition) is 7. The Bertz CT molecular complexity index is 1920. The van der Waals surface area contributed by atoms with E-state index in [1.165, 1.54) is 10.9 Å². The molecule has 0 radical (unpaired) electrons. The summed E-state index contributed by atoms with van der Waals surface area (Å²) in [5, 5.41) is 37.4. The van der Waals surface area contributed by atoms with Gasteiger partial charge in [0, 0.05) is 51.9 Å². The van der Waals surface area contributed by atoms with Gasteiger partial charge in [-0.2, -0.15) is 0 Å². The maximum absolute atomic E-state index is 14.7. The van der Waals surface area contributed by atoms with Gasteiger partial charge in [-0.15, -0.1) is 11.3 Å². The van der Waals surface area contributed by atoms with Gasteiger partial charge < -0.3 is 20.1 Å². The maximum Gasteiger partial charge on any atom is 0.189 e. The number of halogens is 2. The van der Waals surface area contributed by atoms with E-state index in [4.69, 9.17) is 4.74 Å². The number of carbonyl (C=O) groups is 1. The Labute approximate surface area is 321 Å². The fourth-order valence-corrected chi connectivity index (χ4v) is 12.7. The van der Waals surface area contributed by atoms with Crippen LogP contribution in [0.2, 0.25) is 0 Å². The number of fused-ring (bicyclic) bond motifs is 1. The third-order valence-electron chi connectivity index (χ3n) is 14.8. The van der Waals surface area contributed by atoms with Crippen molar-refractivity contribution >= 4 is 17.1 Å². The smallest absolute Gasteiger partial charge is 0.189 e. The predicted octanol–water partition coefficient (Wildman–Crippen LogP) is 7.92. The summed E-state index contributed by atoms with van der Waals surface area (Å²) in [6.07, 6.45) is 11.0. The third-order valence-corrected chi connectivity index (χ3v) is 15.7. The van der Waals surface area contributed by atoms with Crippen molar-refractivity contribution in [1.29, 1.82) is 0 Å². The van der Waals surface area contributed by atoms with E-state index in [2.05, 4.69) is 48.4 Å². The Morgan fingerprint density at radius 2 is 1.72 bits per heavy atom. The monoisotopic (exact) mass is 757 g/mol. The summed E-state index contributed by atoms with van der Waals surface area (Å²) in [5.74, 6) is -2.37. The first-order valence-corrected chi connectivity index (χ1v) is 20.6. The summed E-state index contributed by atoms with van der Waals surface area (Å²) in [5.41, 5.74) is -1.39. The molecule has 3 saturated carbocycles. The molecule has 1 heterocycles. The van der Waals surface area contributed by atoms with Crippen molar-refractivity contribution in [2.75, 3.05) is 26.2 Å². The molecule has 288 valence electrons. The number of Topliss-reactive ketones (excluding diaryl/α,β-unsaturated/α-hetero) is 1. The lowest BCUT2D eigenvalue weighted by atomic mass is 9.32. The molecular weight excluding hydrogens is 705 g/mol. The van der Waals surface area contributed by atoms with Crippen molar-refractivity contribution in [2.45, 2.75) is 89.6 Å². The summed E-state index contributed by atoms with van der Waals surface area (Å²) in [6.45, 7) is 6.49. The fourth-order valence-electron chi connectivity index (χ4n) is 12.0. The first-order chi connectivity index (χ1) is 25.8. The van der Waals surface area contributed by atoms with Gasteiger partial charge in [-0.25, -0.2) is 8.78 Å². The van der Waals surface area contributed by atoms with E-state index in [9.17, 15) is 28.9 Å². The molecular formula is C45H53F2NO5S. The Kier molecular flexibility index (Phi) is 9.92. The standard InChI is InChI=1S/C45H53F2NO5S/c1-41-16-12-32(49)24-43(41)19-20-45(35(25-43)40(51)31-10-11-36(46)37(47)23-31)38(41)13-17-42(2)39(45)14-18-44(42,52)29-48(21-15-34-9-6-22-54-34)26-33(50)28-53-27-30-7-4-3-5-8-30/h3-11,19-20,22-23,25,32-33,38-39,49-50,52H,12-18,21,24,26-29H2,1-2H3/t32?,33-,38-,39-,41-,42+,43+,44-,45-/m1/s1. The molecule has 6 aliphatic rings. The molecule has 0 saturated heterocycles. The second-order valence-electron chi connectivity index (χ2n) is 17.5. The minimum atomic E-state index is -1.11. The van der Waals surface area contributed by atoms with Crippen LogP contribution in [0.15, 0.2) is 89.8 Å². The van der Waals surface area contributed by atoms with Gasteiger partial charge in [0.05, 0.1) is 31.0 Å². The zero-order chi connectivity index (χ0) is 37.9. The minimum Gasteiger partial charge on any atom is -0.393 e. The number of ether oxygens (including phenoxy) is 1. The summed E-state index contributed by atoms with van der Waals surface area (Å²) in [7, 11) is 0.